The number of rotatable bonds is 6. The minimum Gasteiger partial charge on any atom is -0.452 e. The van der Waals surface area contributed by atoms with E-state index in [0.717, 1.165) is 20.5 Å². The van der Waals surface area contributed by atoms with E-state index in [0.29, 0.717) is 5.02 Å². The average Bonchev–Trinajstić information content (AvgIpc) is 3.01. The highest BCUT2D eigenvalue weighted by atomic mass is 35.5. The van der Waals surface area contributed by atoms with E-state index >= 15 is 0 Å². The molecule has 0 bridgehead atoms. The Morgan fingerprint density at radius 1 is 1.15 bits per heavy atom. The van der Waals surface area contributed by atoms with Crippen LogP contribution >= 0.6 is 22.9 Å². The molecule has 27 heavy (non-hydrogen) atoms. The summed E-state index contributed by atoms with van der Waals surface area (Å²) in [5.41, 5.74) is 0.983. The third-order valence-corrected chi connectivity index (χ3v) is 5.61. The average molecular weight is 400 g/mol. The van der Waals surface area contributed by atoms with Crippen LogP contribution in [0.3, 0.4) is 0 Å². The number of carbonyl (C=O) groups is 2. The van der Waals surface area contributed by atoms with Gasteiger partial charge in [-0.25, -0.2) is 4.79 Å². The zero-order valence-electron chi connectivity index (χ0n) is 14.6. The summed E-state index contributed by atoms with van der Waals surface area (Å²) >= 11 is 7.82. The van der Waals surface area contributed by atoms with E-state index in [4.69, 9.17) is 16.3 Å². The van der Waals surface area contributed by atoms with Gasteiger partial charge in [0.25, 0.3) is 5.91 Å². The fourth-order valence-electron chi connectivity index (χ4n) is 2.58. The Kier molecular flexibility index (Phi) is 6.27. The summed E-state index contributed by atoms with van der Waals surface area (Å²) in [4.78, 5) is 24.6. The van der Waals surface area contributed by atoms with Gasteiger partial charge in [-0.3, -0.25) is 4.79 Å². The van der Waals surface area contributed by atoms with Gasteiger partial charge in [0.1, 0.15) is 0 Å². The number of ether oxygens (including phenoxy) is 1. The number of halogens is 1. The number of esters is 1. The fourth-order valence-corrected chi connectivity index (χ4v) is 3.98. The number of hydrogen-bond acceptors (Lipinski definition) is 4. The van der Waals surface area contributed by atoms with Gasteiger partial charge in [-0.2, -0.15) is 0 Å². The van der Waals surface area contributed by atoms with Gasteiger partial charge < -0.3 is 10.1 Å². The van der Waals surface area contributed by atoms with Crippen molar-refractivity contribution < 1.29 is 14.3 Å². The molecule has 1 amide bonds. The van der Waals surface area contributed by atoms with E-state index in [2.05, 4.69) is 5.32 Å². The fraction of sp³-hybridized carbons (Fsp3) is 0.143. The van der Waals surface area contributed by atoms with Crippen LogP contribution in [0.15, 0.2) is 60.7 Å². The van der Waals surface area contributed by atoms with Crippen molar-refractivity contribution in [3.05, 3.63) is 76.1 Å². The number of thiophene rings is 1. The summed E-state index contributed by atoms with van der Waals surface area (Å²) in [6.07, 6.45) is 2.89. The van der Waals surface area contributed by atoms with E-state index in [-0.39, 0.29) is 18.6 Å². The number of carbonyl (C=O) groups excluding carboxylic acids is 2. The van der Waals surface area contributed by atoms with E-state index in [9.17, 15) is 9.59 Å². The van der Waals surface area contributed by atoms with Crippen LogP contribution in [0.1, 0.15) is 23.4 Å². The summed E-state index contributed by atoms with van der Waals surface area (Å²) in [7, 11) is 0. The Balaban J connectivity index is 1.52. The zero-order valence-corrected chi connectivity index (χ0v) is 16.2. The SMILES string of the molecule is C[C@H](NC(=O)COC(=O)/C=C/c1sc2ccccc2c1Cl)c1ccccc1. The molecule has 0 unspecified atom stereocenters. The Morgan fingerprint density at radius 2 is 1.85 bits per heavy atom. The molecule has 1 atom stereocenters. The molecule has 0 aliphatic rings. The molecular formula is C21H18ClNO3S. The molecule has 138 valence electrons. The maximum absolute atomic E-state index is 11.9. The molecule has 1 heterocycles. The lowest BCUT2D eigenvalue weighted by Crippen LogP contribution is -2.30. The highest BCUT2D eigenvalue weighted by Crippen LogP contribution is 2.35. The minimum absolute atomic E-state index is 0.162. The molecule has 3 rings (SSSR count). The standard InChI is InChI=1S/C21H18ClNO3S/c1-14(15-7-3-2-4-8-15)23-19(24)13-26-20(25)12-11-18-21(22)16-9-5-6-10-17(16)27-18/h2-12,14H,13H2,1H3,(H,23,24)/b12-11+/t14-/m0/s1. The maximum Gasteiger partial charge on any atom is 0.331 e. The zero-order chi connectivity index (χ0) is 19.2. The molecule has 1 aromatic heterocycles. The first-order chi connectivity index (χ1) is 13.0. The molecule has 0 saturated carbocycles. The van der Waals surface area contributed by atoms with Crippen LogP contribution < -0.4 is 5.32 Å². The first-order valence-corrected chi connectivity index (χ1v) is 9.60. The van der Waals surface area contributed by atoms with Crippen molar-refractivity contribution in [2.75, 3.05) is 6.61 Å². The lowest BCUT2D eigenvalue weighted by Gasteiger charge is -2.13. The smallest absolute Gasteiger partial charge is 0.331 e. The highest BCUT2D eigenvalue weighted by molar-refractivity contribution is 7.20. The van der Waals surface area contributed by atoms with E-state index < -0.39 is 5.97 Å². The van der Waals surface area contributed by atoms with Crippen molar-refractivity contribution >= 4 is 51.0 Å². The third kappa shape index (κ3) is 4.96. The summed E-state index contributed by atoms with van der Waals surface area (Å²) in [5.74, 6) is -0.945. The van der Waals surface area contributed by atoms with Gasteiger partial charge in [0.15, 0.2) is 6.61 Å². The summed E-state index contributed by atoms with van der Waals surface area (Å²) in [6.45, 7) is 1.54. The largest absolute Gasteiger partial charge is 0.452 e. The number of hydrogen-bond donors (Lipinski definition) is 1. The summed E-state index contributed by atoms with van der Waals surface area (Å²) < 4.78 is 6.05. The summed E-state index contributed by atoms with van der Waals surface area (Å²) in [6, 6.07) is 17.2. The Hall–Kier alpha value is -2.63. The van der Waals surface area contributed by atoms with Gasteiger partial charge in [-0.05, 0) is 24.6 Å². The monoisotopic (exact) mass is 399 g/mol. The van der Waals surface area contributed by atoms with Crippen LogP contribution in [0.2, 0.25) is 5.02 Å². The van der Waals surface area contributed by atoms with Gasteiger partial charge in [-0.1, -0.05) is 60.1 Å². The molecule has 0 aliphatic carbocycles. The van der Waals surface area contributed by atoms with Crippen LogP contribution in [-0.4, -0.2) is 18.5 Å². The Labute approximate surface area is 166 Å². The second-order valence-electron chi connectivity index (χ2n) is 5.92. The molecule has 0 fully saturated rings. The lowest BCUT2D eigenvalue weighted by atomic mass is 10.1. The van der Waals surface area contributed by atoms with Crippen molar-refractivity contribution in [3.8, 4) is 0 Å². The lowest BCUT2D eigenvalue weighted by molar-refractivity contribution is -0.144. The van der Waals surface area contributed by atoms with Gasteiger partial charge in [0.05, 0.1) is 11.1 Å². The van der Waals surface area contributed by atoms with Gasteiger partial charge in [0, 0.05) is 21.0 Å². The van der Waals surface area contributed by atoms with Crippen LogP contribution in [0.25, 0.3) is 16.2 Å². The first-order valence-electron chi connectivity index (χ1n) is 8.41. The van der Waals surface area contributed by atoms with Crippen LogP contribution in [0.5, 0.6) is 0 Å². The Bertz CT molecular complexity index is 982. The predicted molar refractivity (Wildman–Crippen MR) is 110 cm³/mol. The highest BCUT2D eigenvalue weighted by Gasteiger charge is 2.11. The second-order valence-corrected chi connectivity index (χ2v) is 7.38. The molecule has 0 aliphatic heterocycles. The quantitative estimate of drug-likeness (QED) is 0.469. The van der Waals surface area contributed by atoms with E-state index in [1.54, 1.807) is 6.08 Å². The van der Waals surface area contributed by atoms with Crippen molar-refractivity contribution in [3.63, 3.8) is 0 Å². The Morgan fingerprint density at radius 3 is 2.59 bits per heavy atom. The molecule has 1 N–H and O–H groups in total. The molecule has 6 heteroatoms. The van der Waals surface area contributed by atoms with Crippen molar-refractivity contribution in [1.29, 1.82) is 0 Å². The number of benzene rings is 2. The number of amides is 1. The van der Waals surface area contributed by atoms with E-state index in [1.165, 1.54) is 17.4 Å². The van der Waals surface area contributed by atoms with E-state index in [1.807, 2.05) is 61.5 Å². The molecule has 4 nitrogen and oxygen atoms in total. The normalized spacial score (nSPS) is 12.2. The topological polar surface area (TPSA) is 55.4 Å². The third-order valence-electron chi connectivity index (χ3n) is 3.95. The molecule has 2 aromatic carbocycles. The first kappa shape index (κ1) is 19.1. The molecule has 0 saturated heterocycles. The van der Waals surface area contributed by atoms with Crippen molar-refractivity contribution in [2.45, 2.75) is 13.0 Å². The van der Waals surface area contributed by atoms with Gasteiger partial charge >= 0.3 is 5.97 Å². The maximum atomic E-state index is 11.9. The molecule has 0 spiro atoms. The number of fused-ring (bicyclic) bond motifs is 1. The van der Waals surface area contributed by atoms with Crippen molar-refractivity contribution in [2.24, 2.45) is 0 Å². The number of nitrogens with one attached hydrogen (secondary N) is 1. The molecule has 0 radical (unpaired) electrons. The van der Waals surface area contributed by atoms with Gasteiger partial charge in [-0.15, -0.1) is 11.3 Å². The molecular weight excluding hydrogens is 382 g/mol. The van der Waals surface area contributed by atoms with Crippen LogP contribution in [0, 0.1) is 0 Å². The van der Waals surface area contributed by atoms with Crippen LogP contribution in [0.4, 0.5) is 0 Å². The predicted octanol–water partition coefficient (Wildman–Crippen LogP) is 4.99. The minimum atomic E-state index is -0.592. The van der Waals surface area contributed by atoms with Crippen LogP contribution in [-0.2, 0) is 14.3 Å². The second kappa shape index (κ2) is 8.84. The van der Waals surface area contributed by atoms with Gasteiger partial charge in [0.2, 0.25) is 0 Å². The van der Waals surface area contributed by atoms with Crippen molar-refractivity contribution in [1.82, 2.24) is 5.32 Å². The molecule has 3 aromatic rings. The summed E-state index contributed by atoms with van der Waals surface area (Å²) in [5, 5.41) is 4.35.